The Balaban J connectivity index is 2.26. The molecule has 1 heterocycles. The topological polar surface area (TPSA) is 57.6 Å². The molecule has 4 heteroatoms. The normalized spacial score (nSPS) is 18.9. The highest BCUT2D eigenvalue weighted by molar-refractivity contribution is 5.69. The summed E-state index contributed by atoms with van der Waals surface area (Å²) in [5, 5.41) is 8.26. The van der Waals surface area contributed by atoms with E-state index < -0.39 is 6.09 Å². The van der Waals surface area contributed by atoms with Crippen molar-refractivity contribution in [2.24, 2.45) is 5.92 Å². The van der Waals surface area contributed by atoms with E-state index in [-0.39, 0.29) is 5.92 Å². The molecule has 0 unspecified atom stereocenters. The Bertz CT molecular complexity index is 139. The minimum Gasteiger partial charge on any atom is -0.465 e. The number of nitrogens with zero attached hydrogens (tertiary/aromatic N) is 1. The highest BCUT2D eigenvalue weighted by atomic mass is 16.4. The minimum absolute atomic E-state index is 0.0545. The predicted octanol–water partition coefficient (Wildman–Crippen LogP) is -0.205. The summed E-state index contributed by atoms with van der Waals surface area (Å²) in [6.07, 6.45) is -0.146. The van der Waals surface area contributed by atoms with E-state index in [4.69, 9.17) is 5.11 Å². The van der Waals surface area contributed by atoms with Gasteiger partial charge >= 0.3 is 6.09 Å². The lowest BCUT2D eigenvalue weighted by Gasteiger charge is -2.33. The SMILES string of the molecule is O=CC1CN(C(=O)O)C1. The number of aldehydes is 1. The van der Waals surface area contributed by atoms with Gasteiger partial charge in [0, 0.05) is 13.1 Å². The molecule has 0 saturated carbocycles. The van der Waals surface area contributed by atoms with Gasteiger partial charge < -0.3 is 14.8 Å². The van der Waals surface area contributed by atoms with E-state index in [0.29, 0.717) is 13.1 Å². The number of rotatable bonds is 1. The van der Waals surface area contributed by atoms with E-state index in [1.807, 2.05) is 0 Å². The van der Waals surface area contributed by atoms with Crippen molar-refractivity contribution in [3.8, 4) is 0 Å². The van der Waals surface area contributed by atoms with Crippen molar-refractivity contribution in [1.82, 2.24) is 4.90 Å². The van der Waals surface area contributed by atoms with Gasteiger partial charge in [0.25, 0.3) is 0 Å². The Hall–Kier alpha value is -1.06. The first kappa shape index (κ1) is 6.07. The first-order chi connectivity index (χ1) is 4.24. The molecule has 0 aromatic rings. The number of carbonyl (C=O) groups excluding carboxylic acids is 1. The number of likely N-dealkylation sites (tertiary alicyclic amines) is 1. The van der Waals surface area contributed by atoms with Crippen molar-refractivity contribution in [2.45, 2.75) is 0 Å². The minimum atomic E-state index is -0.937. The van der Waals surface area contributed by atoms with Crippen molar-refractivity contribution >= 4 is 12.4 Å². The fourth-order valence-corrected chi connectivity index (χ4v) is 0.755. The van der Waals surface area contributed by atoms with Crippen LogP contribution >= 0.6 is 0 Å². The summed E-state index contributed by atoms with van der Waals surface area (Å²) in [4.78, 5) is 21.2. The molecule has 50 valence electrons. The smallest absolute Gasteiger partial charge is 0.407 e. The second kappa shape index (κ2) is 2.05. The first-order valence-corrected chi connectivity index (χ1v) is 2.67. The molecule has 1 aliphatic heterocycles. The molecule has 1 N–H and O–H groups in total. The molecule has 1 fully saturated rings. The van der Waals surface area contributed by atoms with Gasteiger partial charge in [-0.25, -0.2) is 4.79 Å². The summed E-state index contributed by atoms with van der Waals surface area (Å²) in [5.41, 5.74) is 0. The van der Waals surface area contributed by atoms with Crippen molar-refractivity contribution in [3.63, 3.8) is 0 Å². The lowest BCUT2D eigenvalue weighted by Crippen LogP contribution is -2.49. The van der Waals surface area contributed by atoms with Gasteiger partial charge in [-0.3, -0.25) is 0 Å². The van der Waals surface area contributed by atoms with Gasteiger partial charge in [0.05, 0.1) is 5.92 Å². The number of carbonyl (C=O) groups is 2. The quantitative estimate of drug-likeness (QED) is 0.498. The van der Waals surface area contributed by atoms with E-state index in [1.54, 1.807) is 0 Å². The third kappa shape index (κ3) is 1.01. The molecule has 1 rings (SSSR count). The molecule has 0 spiro atoms. The summed E-state index contributed by atoms with van der Waals surface area (Å²) in [6, 6.07) is 0. The van der Waals surface area contributed by atoms with Crippen LogP contribution in [0.4, 0.5) is 4.79 Å². The molecule has 0 aromatic heterocycles. The van der Waals surface area contributed by atoms with Crippen LogP contribution in [0.3, 0.4) is 0 Å². The van der Waals surface area contributed by atoms with Crippen molar-refractivity contribution in [1.29, 1.82) is 0 Å². The highest BCUT2D eigenvalue weighted by Crippen LogP contribution is 2.11. The zero-order chi connectivity index (χ0) is 6.85. The predicted molar refractivity (Wildman–Crippen MR) is 29.2 cm³/mol. The molecule has 0 atom stereocenters. The molecule has 0 radical (unpaired) electrons. The van der Waals surface area contributed by atoms with Crippen LogP contribution in [0.1, 0.15) is 0 Å². The van der Waals surface area contributed by atoms with Crippen LogP contribution in [0.2, 0.25) is 0 Å². The molecule has 9 heavy (non-hydrogen) atoms. The Morgan fingerprint density at radius 1 is 1.67 bits per heavy atom. The number of amides is 1. The Morgan fingerprint density at radius 3 is 2.56 bits per heavy atom. The van der Waals surface area contributed by atoms with Crippen LogP contribution in [-0.4, -0.2) is 35.5 Å². The molecular formula is C5H7NO3. The average Bonchev–Trinajstić information content (AvgIpc) is 1.61. The van der Waals surface area contributed by atoms with E-state index in [1.165, 1.54) is 4.90 Å². The molecule has 0 aliphatic carbocycles. The summed E-state index contributed by atoms with van der Waals surface area (Å²) in [6.45, 7) is 0.748. The van der Waals surface area contributed by atoms with Crippen LogP contribution < -0.4 is 0 Å². The maximum Gasteiger partial charge on any atom is 0.407 e. The van der Waals surface area contributed by atoms with Gasteiger partial charge in [0.15, 0.2) is 0 Å². The maximum absolute atomic E-state index is 10.1. The van der Waals surface area contributed by atoms with Crippen LogP contribution in [0.15, 0.2) is 0 Å². The van der Waals surface area contributed by atoms with Crippen LogP contribution in [-0.2, 0) is 4.79 Å². The molecule has 0 aromatic carbocycles. The summed E-state index contributed by atoms with van der Waals surface area (Å²) < 4.78 is 0. The van der Waals surface area contributed by atoms with Gasteiger partial charge in [-0.2, -0.15) is 0 Å². The molecule has 0 bridgehead atoms. The lowest BCUT2D eigenvalue weighted by atomic mass is 10.0. The van der Waals surface area contributed by atoms with E-state index in [0.717, 1.165) is 6.29 Å². The van der Waals surface area contributed by atoms with Gasteiger partial charge in [-0.15, -0.1) is 0 Å². The number of hydrogen-bond acceptors (Lipinski definition) is 2. The van der Waals surface area contributed by atoms with Crippen molar-refractivity contribution in [2.75, 3.05) is 13.1 Å². The van der Waals surface area contributed by atoms with Gasteiger partial charge in [-0.1, -0.05) is 0 Å². The second-order valence-electron chi connectivity index (χ2n) is 2.08. The van der Waals surface area contributed by atoms with Crippen LogP contribution in [0.5, 0.6) is 0 Å². The lowest BCUT2D eigenvalue weighted by molar-refractivity contribution is -0.114. The summed E-state index contributed by atoms with van der Waals surface area (Å²) in [7, 11) is 0. The Labute approximate surface area is 52.1 Å². The standard InChI is InChI=1S/C5H7NO3/c7-3-4-1-6(2-4)5(8)9/h3-4H,1-2H2,(H,8,9). The maximum atomic E-state index is 10.1. The highest BCUT2D eigenvalue weighted by Gasteiger charge is 2.29. The molecule has 1 aliphatic rings. The first-order valence-electron chi connectivity index (χ1n) is 2.67. The number of hydrogen-bond donors (Lipinski definition) is 1. The fraction of sp³-hybridized carbons (Fsp3) is 0.600. The third-order valence-corrected chi connectivity index (χ3v) is 1.37. The van der Waals surface area contributed by atoms with Crippen molar-refractivity contribution < 1.29 is 14.7 Å². The van der Waals surface area contributed by atoms with Gasteiger partial charge in [-0.05, 0) is 0 Å². The van der Waals surface area contributed by atoms with Crippen molar-refractivity contribution in [3.05, 3.63) is 0 Å². The van der Waals surface area contributed by atoms with Gasteiger partial charge in [0.2, 0.25) is 0 Å². The zero-order valence-corrected chi connectivity index (χ0v) is 4.78. The Kier molecular flexibility index (Phi) is 1.38. The molecular weight excluding hydrogens is 122 g/mol. The monoisotopic (exact) mass is 129 g/mol. The number of carboxylic acid groups (broad SMARTS) is 1. The Morgan fingerprint density at radius 2 is 2.22 bits per heavy atom. The van der Waals surface area contributed by atoms with E-state index in [9.17, 15) is 9.59 Å². The average molecular weight is 129 g/mol. The van der Waals surface area contributed by atoms with Gasteiger partial charge in [0.1, 0.15) is 6.29 Å². The van der Waals surface area contributed by atoms with Crippen LogP contribution in [0.25, 0.3) is 0 Å². The summed E-state index contributed by atoms with van der Waals surface area (Å²) in [5.74, 6) is -0.0545. The largest absolute Gasteiger partial charge is 0.465 e. The summed E-state index contributed by atoms with van der Waals surface area (Å²) >= 11 is 0. The van der Waals surface area contributed by atoms with E-state index >= 15 is 0 Å². The van der Waals surface area contributed by atoms with Crippen LogP contribution in [0, 0.1) is 5.92 Å². The fourth-order valence-electron chi connectivity index (χ4n) is 0.755. The molecule has 1 amide bonds. The third-order valence-electron chi connectivity index (χ3n) is 1.37. The second-order valence-corrected chi connectivity index (χ2v) is 2.08. The van der Waals surface area contributed by atoms with E-state index in [2.05, 4.69) is 0 Å². The zero-order valence-electron chi connectivity index (χ0n) is 4.78. The molecule has 4 nitrogen and oxygen atoms in total. The molecule has 1 saturated heterocycles.